The zero-order chi connectivity index (χ0) is 23.2. The van der Waals surface area contributed by atoms with Crippen molar-refractivity contribution >= 4 is 17.6 Å². The third-order valence-electron chi connectivity index (χ3n) is 10.4. The second-order valence-electron chi connectivity index (χ2n) is 11.9. The summed E-state index contributed by atoms with van der Waals surface area (Å²) >= 11 is 0. The van der Waals surface area contributed by atoms with E-state index in [1.165, 1.54) is 31.3 Å². The van der Waals surface area contributed by atoms with E-state index in [2.05, 4.69) is 29.6 Å². The van der Waals surface area contributed by atoms with Gasteiger partial charge in [-0.1, -0.05) is 24.6 Å². The van der Waals surface area contributed by atoms with Crippen molar-refractivity contribution in [3.05, 3.63) is 11.6 Å². The molecule has 1 aliphatic heterocycles. The molecule has 1 heterocycles. The van der Waals surface area contributed by atoms with Crippen molar-refractivity contribution in [3.63, 3.8) is 0 Å². The van der Waals surface area contributed by atoms with Gasteiger partial charge in [0.2, 0.25) is 0 Å². The Kier molecular flexibility index (Phi) is 6.17. The van der Waals surface area contributed by atoms with Crippen LogP contribution in [-0.4, -0.2) is 36.7 Å². The first-order valence-electron chi connectivity index (χ1n) is 13.3. The Bertz CT molecular complexity index is 861. The number of nitrogens with one attached hydrogen (secondary N) is 2. The molecule has 3 saturated carbocycles. The molecule has 0 aromatic carbocycles. The van der Waals surface area contributed by atoms with E-state index in [-0.39, 0.29) is 10.8 Å². The smallest absolute Gasteiger partial charge is 0.318 e. The molecule has 0 aromatic rings. The standard InChI is InChI=1S/C27H41N3O3/c1-17(30-33-25(32)29-16-19-5-4-14-28-19)22-8-9-23-21-7-6-18-15-20(31)10-12-26(18,2)24(21)11-13-27(22,23)3/h15,19,21-24,28H,4-14,16H2,1-3H3,(H,29,32)/b30-17+/t19-,21-,22+,23-,24-,26-,27+/m0/s1. The topological polar surface area (TPSA) is 79.8 Å². The van der Waals surface area contributed by atoms with E-state index in [4.69, 9.17) is 4.84 Å². The summed E-state index contributed by atoms with van der Waals surface area (Å²) in [6.45, 7) is 8.58. The molecule has 6 heteroatoms. The largest absolute Gasteiger partial charge is 0.433 e. The van der Waals surface area contributed by atoms with Crippen LogP contribution in [0.5, 0.6) is 0 Å². The Hall–Kier alpha value is -1.69. The molecular weight excluding hydrogens is 414 g/mol. The molecule has 0 bridgehead atoms. The van der Waals surface area contributed by atoms with E-state index >= 15 is 0 Å². The molecule has 0 unspecified atom stereocenters. The number of rotatable bonds is 4. The van der Waals surface area contributed by atoms with Crippen LogP contribution >= 0.6 is 0 Å². The van der Waals surface area contributed by atoms with Gasteiger partial charge in [0, 0.05) is 24.9 Å². The summed E-state index contributed by atoms with van der Waals surface area (Å²) in [5.74, 6) is 2.85. The van der Waals surface area contributed by atoms with Crippen LogP contribution in [0.3, 0.4) is 0 Å². The van der Waals surface area contributed by atoms with Gasteiger partial charge in [-0.25, -0.2) is 4.79 Å². The van der Waals surface area contributed by atoms with Crippen molar-refractivity contribution in [1.82, 2.24) is 10.6 Å². The van der Waals surface area contributed by atoms with Gasteiger partial charge in [0.25, 0.3) is 0 Å². The molecule has 1 amide bonds. The van der Waals surface area contributed by atoms with Gasteiger partial charge >= 0.3 is 6.09 Å². The highest BCUT2D eigenvalue weighted by Crippen LogP contribution is 2.66. The minimum absolute atomic E-state index is 0.217. The summed E-state index contributed by atoms with van der Waals surface area (Å²) in [5.41, 5.74) is 2.85. The summed E-state index contributed by atoms with van der Waals surface area (Å²) in [5, 5.41) is 10.5. The van der Waals surface area contributed by atoms with Gasteiger partial charge in [-0.15, -0.1) is 0 Å². The maximum atomic E-state index is 12.2. The van der Waals surface area contributed by atoms with Crippen LogP contribution in [0.4, 0.5) is 4.79 Å². The van der Waals surface area contributed by atoms with Crippen LogP contribution < -0.4 is 10.6 Å². The predicted molar refractivity (Wildman–Crippen MR) is 129 cm³/mol. The molecule has 4 fully saturated rings. The first-order valence-corrected chi connectivity index (χ1v) is 13.3. The number of carbonyl (C=O) groups is 2. The molecule has 5 rings (SSSR count). The minimum atomic E-state index is -0.446. The average molecular weight is 456 g/mol. The Balaban J connectivity index is 1.24. The van der Waals surface area contributed by atoms with Gasteiger partial charge in [-0.05, 0) is 106 Å². The van der Waals surface area contributed by atoms with E-state index < -0.39 is 6.09 Å². The van der Waals surface area contributed by atoms with Gasteiger partial charge in [0.05, 0.1) is 5.71 Å². The number of oxime groups is 1. The highest BCUT2D eigenvalue weighted by molar-refractivity contribution is 5.91. The first kappa shape index (κ1) is 23.1. The molecule has 5 aliphatic rings. The highest BCUT2D eigenvalue weighted by Gasteiger charge is 2.59. The lowest BCUT2D eigenvalue weighted by Gasteiger charge is -2.58. The number of nitrogens with zero attached hydrogens (tertiary/aromatic N) is 1. The van der Waals surface area contributed by atoms with Gasteiger partial charge in [-0.3, -0.25) is 9.63 Å². The summed E-state index contributed by atoms with van der Waals surface area (Å²) in [6, 6.07) is 0.349. The lowest BCUT2D eigenvalue weighted by atomic mass is 9.46. The van der Waals surface area contributed by atoms with Gasteiger partial charge in [0.1, 0.15) is 0 Å². The monoisotopic (exact) mass is 455 g/mol. The number of carbonyl (C=O) groups excluding carboxylic acids is 2. The Morgan fingerprint density at radius 2 is 2.00 bits per heavy atom. The quantitative estimate of drug-likeness (QED) is 0.356. The predicted octanol–water partition coefficient (Wildman–Crippen LogP) is 4.99. The van der Waals surface area contributed by atoms with Crippen molar-refractivity contribution in [2.75, 3.05) is 13.1 Å². The van der Waals surface area contributed by atoms with Gasteiger partial charge < -0.3 is 10.6 Å². The van der Waals surface area contributed by atoms with Crippen LogP contribution in [0.15, 0.2) is 16.8 Å². The normalized spacial score (nSPS) is 42.8. The fourth-order valence-electron chi connectivity index (χ4n) is 8.59. The maximum absolute atomic E-state index is 12.2. The summed E-state index contributed by atoms with van der Waals surface area (Å²) in [4.78, 5) is 29.5. The number of allylic oxidation sites excluding steroid dienone is 1. The molecule has 0 spiro atoms. The van der Waals surface area contributed by atoms with Crippen molar-refractivity contribution in [2.45, 2.75) is 91.0 Å². The van der Waals surface area contributed by atoms with Crippen molar-refractivity contribution in [1.29, 1.82) is 0 Å². The second kappa shape index (κ2) is 8.83. The van der Waals surface area contributed by atoms with E-state index in [0.29, 0.717) is 36.1 Å². The number of amides is 1. The summed E-state index contributed by atoms with van der Waals surface area (Å²) in [7, 11) is 0. The zero-order valence-electron chi connectivity index (χ0n) is 20.6. The van der Waals surface area contributed by atoms with E-state index in [1.54, 1.807) is 0 Å². The summed E-state index contributed by atoms with van der Waals surface area (Å²) in [6.07, 6.45) is 12.7. The summed E-state index contributed by atoms with van der Waals surface area (Å²) < 4.78 is 0. The van der Waals surface area contributed by atoms with Gasteiger partial charge in [0.15, 0.2) is 5.78 Å². The molecule has 182 valence electrons. The molecule has 1 saturated heterocycles. The molecule has 0 radical (unpaired) electrons. The SMILES string of the molecule is C/C(=N\OC(=O)NC[C@@H]1CCCN1)[C@H]1CC[C@H]2[C@@H]3CCC4=CC(=O)CC[C@]4(C)[C@H]3CC[C@]12C. The zero-order valence-corrected chi connectivity index (χ0v) is 20.6. The number of fused-ring (bicyclic) bond motifs is 5. The number of hydrogen-bond donors (Lipinski definition) is 2. The molecule has 6 nitrogen and oxygen atoms in total. The third-order valence-corrected chi connectivity index (χ3v) is 10.4. The highest BCUT2D eigenvalue weighted by atomic mass is 16.7. The van der Waals surface area contributed by atoms with Crippen LogP contribution in [0, 0.1) is 34.5 Å². The second-order valence-corrected chi connectivity index (χ2v) is 11.9. The lowest BCUT2D eigenvalue weighted by Crippen LogP contribution is -2.51. The van der Waals surface area contributed by atoms with Crippen molar-refractivity contribution < 1.29 is 14.4 Å². The maximum Gasteiger partial charge on any atom is 0.433 e. The van der Waals surface area contributed by atoms with Gasteiger partial charge in [-0.2, -0.15) is 0 Å². The molecule has 4 aliphatic carbocycles. The lowest BCUT2D eigenvalue weighted by molar-refractivity contribution is -0.117. The van der Waals surface area contributed by atoms with Crippen molar-refractivity contribution in [3.8, 4) is 0 Å². The number of hydrogen-bond acceptors (Lipinski definition) is 5. The van der Waals surface area contributed by atoms with Crippen LogP contribution in [0.2, 0.25) is 0 Å². The molecule has 2 N–H and O–H groups in total. The Morgan fingerprint density at radius 1 is 1.15 bits per heavy atom. The average Bonchev–Trinajstić information content (AvgIpc) is 3.44. The fourth-order valence-corrected chi connectivity index (χ4v) is 8.59. The Morgan fingerprint density at radius 3 is 2.79 bits per heavy atom. The third kappa shape index (κ3) is 4.06. The first-order chi connectivity index (χ1) is 15.8. The van der Waals surface area contributed by atoms with Crippen LogP contribution in [0.1, 0.15) is 85.0 Å². The molecule has 33 heavy (non-hydrogen) atoms. The van der Waals surface area contributed by atoms with Crippen LogP contribution in [0.25, 0.3) is 0 Å². The van der Waals surface area contributed by atoms with E-state index in [0.717, 1.165) is 56.7 Å². The van der Waals surface area contributed by atoms with Crippen molar-refractivity contribution in [2.24, 2.45) is 39.7 Å². The minimum Gasteiger partial charge on any atom is -0.318 e. The fraction of sp³-hybridized carbons (Fsp3) is 0.815. The molecular formula is C27H41N3O3. The van der Waals surface area contributed by atoms with Crippen LogP contribution in [-0.2, 0) is 9.63 Å². The van der Waals surface area contributed by atoms with E-state index in [9.17, 15) is 9.59 Å². The van der Waals surface area contributed by atoms with E-state index in [1.807, 2.05) is 13.0 Å². The number of ketones is 1. The molecule has 0 aromatic heterocycles. The Labute approximate surface area is 198 Å². The molecule has 7 atom stereocenters.